The molecule has 1 aromatic rings. The number of piperidine rings is 1. The van der Waals surface area contributed by atoms with Crippen molar-refractivity contribution in [2.45, 2.75) is 19.8 Å². The van der Waals surface area contributed by atoms with Crippen molar-refractivity contribution in [1.29, 1.82) is 0 Å². The molecule has 0 radical (unpaired) electrons. The van der Waals surface area contributed by atoms with Crippen LogP contribution in [0.5, 0.6) is 11.5 Å². The summed E-state index contributed by atoms with van der Waals surface area (Å²) >= 11 is 0. The number of ether oxygens (including phenoxy) is 2. The quantitative estimate of drug-likeness (QED) is 0.867. The van der Waals surface area contributed by atoms with Crippen LogP contribution in [0.2, 0.25) is 0 Å². The lowest BCUT2D eigenvalue weighted by atomic mass is 9.97. The number of rotatable bonds is 6. The first-order valence-corrected chi connectivity index (χ1v) is 7.46. The van der Waals surface area contributed by atoms with E-state index in [0.717, 1.165) is 29.6 Å². The zero-order valence-electron chi connectivity index (χ0n) is 12.8. The highest BCUT2D eigenvalue weighted by Crippen LogP contribution is 2.30. The minimum atomic E-state index is 0.652. The van der Waals surface area contributed by atoms with Crippen LogP contribution in [0, 0.1) is 5.92 Å². The van der Waals surface area contributed by atoms with E-state index in [1.165, 1.54) is 25.9 Å². The third kappa shape index (κ3) is 4.04. The van der Waals surface area contributed by atoms with E-state index in [1.807, 2.05) is 19.1 Å². The van der Waals surface area contributed by atoms with Gasteiger partial charge in [-0.2, -0.15) is 0 Å². The molecule has 0 bridgehead atoms. The van der Waals surface area contributed by atoms with Crippen molar-refractivity contribution >= 4 is 5.69 Å². The standard InChI is InChI=1S/C16H26N2O2/c1-4-20-15-6-5-14(11-16(15)19-3)17-12-13-7-9-18(2)10-8-13/h5-6,11,13,17H,4,7-10,12H2,1-3H3. The second kappa shape index (κ2) is 7.39. The number of benzene rings is 1. The number of anilines is 1. The summed E-state index contributed by atoms with van der Waals surface area (Å²) in [5.41, 5.74) is 1.10. The number of hydrogen-bond donors (Lipinski definition) is 1. The molecular formula is C16H26N2O2. The molecule has 0 saturated carbocycles. The van der Waals surface area contributed by atoms with Gasteiger partial charge in [-0.15, -0.1) is 0 Å². The molecule has 1 heterocycles. The van der Waals surface area contributed by atoms with E-state index >= 15 is 0 Å². The van der Waals surface area contributed by atoms with Gasteiger partial charge in [-0.3, -0.25) is 0 Å². The topological polar surface area (TPSA) is 33.7 Å². The molecule has 4 nitrogen and oxygen atoms in total. The first kappa shape index (κ1) is 15.0. The molecule has 112 valence electrons. The second-order valence-corrected chi connectivity index (χ2v) is 5.43. The first-order valence-electron chi connectivity index (χ1n) is 7.46. The predicted molar refractivity (Wildman–Crippen MR) is 82.9 cm³/mol. The van der Waals surface area contributed by atoms with Crippen molar-refractivity contribution in [1.82, 2.24) is 4.90 Å². The summed E-state index contributed by atoms with van der Waals surface area (Å²) in [6.45, 7) is 6.08. The summed E-state index contributed by atoms with van der Waals surface area (Å²) in [6, 6.07) is 6.04. The lowest BCUT2D eigenvalue weighted by Gasteiger charge is -2.29. The fourth-order valence-corrected chi connectivity index (χ4v) is 2.58. The van der Waals surface area contributed by atoms with Crippen LogP contribution in [0.15, 0.2) is 18.2 Å². The average molecular weight is 278 g/mol. The van der Waals surface area contributed by atoms with Gasteiger partial charge < -0.3 is 19.7 Å². The van der Waals surface area contributed by atoms with Gasteiger partial charge in [-0.1, -0.05) is 0 Å². The number of nitrogens with zero attached hydrogens (tertiary/aromatic N) is 1. The SMILES string of the molecule is CCOc1ccc(NCC2CCN(C)CC2)cc1OC. The van der Waals surface area contributed by atoms with E-state index < -0.39 is 0 Å². The van der Waals surface area contributed by atoms with Crippen LogP contribution in [-0.2, 0) is 0 Å². The number of hydrogen-bond acceptors (Lipinski definition) is 4. The van der Waals surface area contributed by atoms with Crippen LogP contribution in [-0.4, -0.2) is 45.3 Å². The largest absolute Gasteiger partial charge is 0.493 e. The van der Waals surface area contributed by atoms with Gasteiger partial charge in [0, 0.05) is 18.3 Å². The minimum Gasteiger partial charge on any atom is -0.493 e. The molecule has 0 aliphatic carbocycles. The summed E-state index contributed by atoms with van der Waals surface area (Å²) in [5, 5.41) is 3.52. The van der Waals surface area contributed by atoms with Gasteiger partial charge in [0.05, 0.1) is 13.7 Å². The molecule has 20 heavy (non-hydrogen) atoms. The lowest BCUT2D eigenvalue weighted by Crippen LogP contribution is -2.32. The molecular weight excluding hydrogens is 252 g/mol. The van der Waals surface area contributed by atoms with Crippen molar-refractivity contribution in [3.05, 3.63) is 18.2 Å². The average Bonchev–Trinajstić information content (AvgIpc) is 2.48. The number of methoxy groups -OCH3 is 1. The van der Waals surface area contributed by atoms with E-state index in [1.54, 1.807) is 7.11 Å². The van der Waals surface area contributed by atoms with E-state index in [2.05, 4.69) is 23.3 Å². The molecule has 1 aliphatic rings. The Kier molecular flexibility index (Phi) is 5.53. The van der Waals surface area contributed by atoms with E-state index in [4.69, 9.17) is 9.47 Å². The van der Waals surface area contributed by atoms with Gasteiger partial charge >= 0.3 is 0 Å². The third-order valence-corrected chi connectivity index (χ3v) is 3.90. The molecule has 0 amide bonds. The van der Waals surface area contributed by atoms with Gasteiger partial charge in [0.25, 0.3) is 0 Å². The fraction of sp³-hybridized carbons (Fsp3) is 0.625. The summed E-state index contributed by atoms with van der Waals surface area (Å²) in [6.07, 6.45) is 2.55. The maximum atomic E-state index is 5.53. The van der Waals surface area contributed by atoms with Crippen LogP contribution in [0.1, 0.15) is 19.8 Å². The van der Waals surface area contributed by atoms with Crippen molar-refractivity contribution in [3.63, 3.8) is 0 Å². The summed E-state index contributed by atoms with van der Waals surface area (Å²) in [7, 11) is 3.87. The Morgan fingerprint density at radius 3 is 2.65 bits per heavy atom. The van der Waals surface area contributed by atoms with Crippen LogP contribution in [0.4, 0.5) is 5.69 Å². The van der Waals surface area contributed by atoms with Crippen LogP contribution in [0.25, 0.3) is 0 Å². The maximum Gasteiger partial charge on any atom is 0.162 e. The Labute approximate surface area is 122 Å². The Morgan fingerprint density at radius 2 is 2.00 bits per heavy atom. The van der Waals surface area contributed by atoms with E-state index in [-0.39, 0.29) is 0 Å². The summed E-state index contributed by atoms with van der Waals surface area (Å²) in [4.78, 5) is 2.40. The highest BCUT2D eigenvalue weighted by Gasteiger charge is 2.16. The van der Waals surface area contributed by atoms with Crippen LogP contribution < -0.4 is 14.8 Å². The van der Waals surface area contributed by atoms with Crippen molar-refractivity contribution < 1.29 is 9.47 Å². The third-order valence-electron chi connectivity index (χ3n) is 3.90. The smallest absolute Gasteiger partial charge is 0.162 e. The fourth-order valence-electron chi connectivity index (χ4n) is 2.58. The van der Waals surface area contributed by atoms with Gasteiger partial charge in [0.1, 0.15) is 0 Å². The zero-order valence-corrected chi connectivity index (χ0v) is 12.8. The molecule has 0 spiro atoms. The summed E-state index contributed by atoms with van der Waals surface area (Å²) < 4.78 is 10.9. The number of likely N-dealkylation sites (tertiary alicyclic amines) is 1. The van der Waals surface area contributed by atoms with E-state index in [9.17, 15) is 0 Å². The molecule has 1 N–H and O–H groups in total. The van der Waals surface area contributed by atoms with Gasteiger partial charge in [-0.05, 0) is 58.0 Å². The highest BCUT2D eigenvalue weighted by atomic mass is 16.5. The van der Waals surface area contributed by atoms with Gasteiger partial charge in [0.15, 0.2) is 11.5 Å². The van der Waals surface area contributed by atoms with Crippen molar-refractivity contribution in [2.75, 3.05) is 45.7 Å². The molecule has 0 unspecified atom stereocenters. The van der Waals surface area contributed by atoms with Crippen LogP contribution >= 0.6 is 0 Å². The van der Waals surface area contributed by atoms with Crippen molar-refractivity contribution in [2.24, 2.45) is 5.92 Å². The Hall–Kier alpha value is -1.42. The molecule has 2 rings (SSSR count). The predicted octanol–water partition coefficient (Wildman–Crippen LogP) is 2.85. The molecule has 1 aromatic carbocycles. The summed E-state index contributed by atoms with van der Waals surface area (Å²) in [5.74, 6) is 2.36. The lowest BCUT2D eigenvalue weighted by molar-refractivity contribution is 0.226. The Balaban J connectivity index is 1.89. The molecule has 0 atom stereocenters. The normalized spacial score (nSPS) is 16.9. The molecule has 1 fully saturated rings. The number of nitrogens with one attached hydrogen (secondary N) is 1. The highest BCUT2D eigenvalue weighted by molar-refractivity contribution is 5.54. The molecule has 0 aromatic heterocycles. The zero-order chi connectivity index (χ0) is 14.4. The van der Waals surface area contributed by atoms with Gasteiger partial charge in [-0.25, -0.2) is 0 Å². The Morgan fingerprint density at radius 1 is 1.25 bits per heavy atom. The molecule has 1 aliphatic heterocycles. The van der Waals surface area contributed by atoms with Crippen LogP contribution in [0.3, 0.4) is 0 Å². The first-order chi connectivity index (χ1) is 9.72. The minimum absolute atomic E-state index is 0.652. The van der Waals surface area contributed by atoms with Crippen molar-refractivity contribution in [3.8, 4) is 11.5 Å². The second-order valence-electron chi connectivity index (χ2n) is 5.43. The maximum absolute atomic E-state index is 5.53. The monoisotopic (exact) mass is 278 g/mol. The molecule has 4 heteroatoms. The Bertz CT molecular complexity index is 415. The van der Waals surface area contributed by atoms with E-state index in [0.29, 0.717) is 6.61 Å². The van der Waals surface area contributed by atoms with Gasteiger partial charge in [0.2, 0.25) is 0 Å². The molecule has 1 saturated heterocycles.